The van der Waals surface area contributed by atoms with Gasteiger partial charge in [-0.3, -0.25) is 0 Å². The summed E-state index contributed by atoms with van der Waals surface area (Å²) < 4.78 is 0. The Hall–Kier alpha value is -0.0400. The Kier molecular flexibility index (Phi) is 3.63. The highest BCUT2D eigenvalue weighted by Crippen LogP contribution is 2.38. The first-order valence-corrected chi connectivity index (χ1v) is 7.22. The zero-order valence-electron chi connectivity index (χ0n) is 11.6. The maximum Gasteiger partial charge on any atom is 0.00978 e. The van der Waals surface area contributed by atoms with E-state index in [1.165, 1.54) is 38.5 Å². The summed E-state index contributed by atoms with van der Waals surface area (Å²) in [5.74, 6) is 1.82. The topological polar surface area (TPSA) is 12.0 Å². The summed E-state index contributed by atoms with van der Waals surface area (Å²) in [6, 6.07) is 1.59. The molecule has 0 saturated heterocycles. The van der Waals surface area contributed by atoms with E-state index in [0.717, 1.165) is 23.9 Å². The highest BCUT2D eigenvalue weighted by molar-refractivity contribution is 4.90. The van der Waals surface area contributed by atoms with E-state index in [9.17, 15) is 0 Å². The van der Waals surface area contributed by atoms with Gasteiger partial charge in [0.05, 0.1) is 0 Å². The smallest absolute Gasteiger partial charge is 0.00978 e. The number of rotatable bonds is 2. The molecule has 0 aliphatic heterocycles. The van der Waals surface area contributed by atoms with Gasteiger partial charge in [0.1, 0.15) is 0 Å². The summed E-state index contributed by atoms with van der Waals surface area (Å²) in [6.45, 7) is 9.69. The third-order valence-corrected chi connectivity index (χ3v) is 4.88. The molecular formula is C15H29N. The fourth-order valence-corrected chi connectivity index (χ4v) is 3.65. The lowest BCUT2D eigenvalue weighted by Crippen LogP contribution is -2.44. The third-order valence-electron chi connectivity index (χ3n) is 4.88. The lowest BCUT2D eigenvalue weighted by molar-refractivity contribution is 0.209. The molecule has 0 aromatic carbocycles. The van der Waals surface area contributed by atoms with Gasteiger partial charge in [0.25, 0.3) is 0 Å². The van der Waals surface area contributed by atoms with Gasteiger partial charge < -0.3 is 5.32 Å². The Balaban J connectivity index is 1.84. The van der Waals surface area contributed by atoms with Gasteiger partial charge in [-0.15, -0.1) is 0 Å². The largest absolute Gasteiger partial charge is 0.311 e. The van der Waals surface area contributed by atoms with E-state index in [1.54, 1.807) is 0 Å². The van der Waals surface area contributed by atoms with Crippen molar-refractivity contribution in [2.45, 2.75) is 78.3 Å². The van der Waals surface area contributed by atoms with Crippen molar-refractivity contribution in [2.24, 2.45) is 17.3 Å². The molecule has 94 valence electrons. The molecule has 0 amide bonds. The summed E-state index contributed by atoms with van der Waals surface area (Å²) >= 11 is 0. The number of hydrogen-bond donors (Lipinski definition) is 1. The third kappa shape index (κ3) is 3.00. The second-order valence-corrected chi connectivity index (χ2v) is 7.27. The van der Waals surface area contributed by atoms with Crippen LogP contribution in [0.4, 0.5) is 0 Å². The first-order valence-electron chi connectivity index (χ1n) is 7.22. The van der Waals surface area contributed by atoms with E-state index in [0.29, 0.717) is 5.41 Å². The molecule has 1 N–H and O–H groups in total. The molecule has 2 aliphatic carbocycles. The van der Waals surface area contributed by atoms with E-state index >= 15 is 0 Å². The molecule has 16 heavy (non-hydrogen) atoms. The Morgan fingerprint density at radius 3 is 2.44 bits per heavy atom. The van der Waals surface area contributed by atoms with Gasteiger partial charge in [-0.2, -0.15) is 0 Å². The van der Waals surface area contributed by atoms with Crippen molar-refractivity contribution in [3.63, 3.8) is 0 Å². The highest BCUT2D eigenvalue weighted by Gasteiger charge is 2.34. The van der Waals surface area contributed by atoms with Crippen LogP contribution in [0.15, 0.2) is 0 Å². The normalized spacial score (nSPS) is 43.5. The van der Waals surface area contributed by atoms with Gasteiger partial charge >= 0.3 is 0 Å². The minimum absolute atomic E-state index is 0.585. The summed E-state index contributed by atoms with van der Waals surface area (Å²) in [5, 5.41) is 3.95. The molecule has 0 spiro atoms. The quantitative estimate of drug-likeness (QED) is 0.746. The second-order valence-electron chi connectivity index (χ2n) is 7.27. The summed E-state index contributed by atoms with van der Waals surface area (Å²) in [4.78, 5) is 0. The molecule has 2 rings (SSSR count). The Labute approximate surface area is 101 Å². The predicted octanol–water partition coefficient (Wildman–Crippen LogP) is 3.98. The highest BCUT2D eigenvalue weighted by atomic mass is 15.0. The fourth-order valence-electron chi connectivity index (χ4n) is 3.65. The molecule has 0 radical (unpaired) electrons. The molecule has 2 aliphatic rings. The standard InChI is InChI=1S/C15H29N/c1-11-5-6-12(2)14(9-11)16-13-7-8-15(3,4)10-13/h11-14,16H,5-10H2,1-4H3. The van der Waals surface area contributed by atoms with Crippen molar-refractivity contribution in [1.82, 2.24) is 5.32 Å². The Morgan fingerprint density at radius 1 is 1.06 bits per heavy atom. The molecular weight excluding hydrogens is 194 g/mol. The number of hydrogen-bond acceptors (Lipinski definition) is 1. The maximum absolute atomic E-state index is 3.95. The fraction of sp³-hybridized carbons (Fsp3) is 1.00. The van der Waals surface area contributed by atoms with Crippen LogP contribution in [0.3, 0.4) is 0 Å². The zero-order valence-corrected chi connectivity index (χ0v) is 11.6. The van der Waals surface area contributed by atoms with Crippen molar-refractivity contribution < 1.29 is 0 Å². The van der Waals surface area contributed by atoms with E-state index in [2.05, 4.69) is 33.0 Å². The molecule has 0 bridgehead atoms. The Bertz CT molecular complexity index is 234. The van der Waals surface area contributed by atoms with E-state index < -0.39 is 0 Å². The first kappa shape index (κ1) is 12.4. The maximum atomic E-state index is 3.95. The van der Waals surface area contributed by atoms with Crippen LogP contribution in [0, 0.1) is 17.3 Å². The van der Waals surface area contributed by atoms with Crippen LogP contribution in [0.5, 0.6) is 0 Å². The van der Waals surface area contributed by atoms with Crippen LogP contribution in [-0.2, 0) is 0 Å². The van der Waals surface area contributed by atoms with Crippen LogP contribution in [0.2, 0.25) is 0 Å². The molecule has 1 nitrogen and oxygen atoms in total. The predicted molar refractivity (Wildman–Crippen MR) is 70.5 cm³/mol. The van der Waals surface area contributed by atoms with Gasteiger partial charge in [-0.1, -0.05) is 34.1 Å². The van der Waals surface area contributed by atoms with Crippen LogP contribution in [-0.4, -0.2) is 12.1 Å². The molecule has 2 fully saturated rings. The molecule has 4 unspecified atom stereocenters. The summed E-state index contributed by atoms with van der Waals surface area (Å²) in [7, 11) is 0. The van der Waals surface area contributed by atoms with Crippen molar-refractivity contribution in [1.29, 1.82) is 0 Å². The zero-order chi connectivity index (χ0) is 11.8. The van der Waals surface area contributed by atoms with Crippen LogP contribution in [0.1, 0.15) is 66.2 Å². The monoisotopic (exact) mass is 223 g/mol. The second kappa shape index (κ2) is 4.68. The SMILES string of the molecule is CC1CCC(C)C(NC2CCC(C)(C)C2)C1. The molecule has 2 saturated carbocycles. The molecule has 0 heterocycles. The number of nitrogens with one attached hydrogen (secondary N) is 1. The van der Waals surface area contributed by atoms with Gasteiger partial charge in [-0.25, -0.2) is 0 Å². The van der Waals surface area contributed by atoms with Gasteiger partial charge in [0, 0.05) is 12.1 Å². The van der Waals surface area contributed by atoms with Gasteiger partial charge in [-0.05, 0) is 49.4 Å². The minimum atomic E-state index is 0.585. The van der Waals surface area contributed by atoms with Crippen molar-refractivity contribution in [2.75, 3.05) is 0 Å². The minimum Gasteiger partial charge on any atom is -0.311 e. The first-order chi connectivity index (χ1) is 7.46. The van der Waals surface area contributed by atoms with Gasteiger partial charge in [0.2, 0.25) is 0 Å². The lowest BCUT2D eigenvalue weighted by atomic mass is 9.79. The van der Waals surface area contributed by atoms with E-state index in [1.807, 2.05) is 0 Å². The van der Waals surface area contributed by atoms with Crippen LogP contribution >= 0.6 is 0 Å². The lowest BCUT2D eigenvalue weighted by Gasteiger charge is -2.35. The molecule has 0 aromatic heterocycles. The Morgan fingerprint density at radius 2 is 1.81 bits per heavy atom. The molecule has 4 atom stereocenters. The van der Waals surface area contributed by atoms with Crippen molar-refractivity contribution in [3.05, 3.63) is 0 Å². The van der Waals surface area contributed by atoms with E-state index in [-0.39, 0.29) is 0 Å². The van der Waals surface area contributed by atoms with Crippen molar-refractivity contribution in [3.8, 4) is 0 Å². The van der Waals surface area contributed by atoms with Crippen molar-refractivity contribution >= 4 is 0 Å². The van der Waals surface area contributed by atoms with Crippen LogP contribution in [0.25, 0.3) is 0 Å². The molecule has 0 aromatic rings. The van der Waals surface area contributed by atoms with Crippen LogP contribution < -0.4 is 5.32 Å². The average molecular weight is 223 g/mol. The molecule has 1 heteroatoms. The van der Waals surface area contributed by atoms with Gasteiger partial charge in [0.15, 0.2) is 0 Å². The van der Waals surface area contributed by atoms with E-state index in [4.69, 9.17) is 0 Å². The average Bonchev–Trinajstić information content (AvgIpc) is 2.52. The summed E-state index contributed by atoms with van der Waals surface area (Å²) in [5.41, 5.74) is 0.585. The summed E-state index contributed by atoms with van der Waals surface area (Å²) in [6.07, 6.45) is 8.44.